The summed E-state index contributed by atoms with van der Waals surface area (Å²) in [6, 6.07) is 19.5. The van der Waals surface area contributed by atoms with Crippen LogP contribution in [0.5, 0.6) is 11.5 Å². The Balaban J connectivity index is 1.78. The third-order valence-corrected chi connectivity index (χ3v) is 4.35. The number of nitrogens with one attached hydrogen (secondary N) is 1. The molecule has 1 N–H and O–H groups in total. The molecule has 0 saturated carbocycles. The van der Waals surface area contributed by atoms with Crippen LogP contribution in [0.4, 0.5) is 0 Å². The van der Waals surface area contributed by atoms with Crippen molar-refractivity contribution in [3.8, 4) is 11.5 Å². The summed E-state index contributed by atoms with van der Waals surface area (Å²) in [5, 5.41) is 5.40. The molecule has 3 rings (SSSR count). The molecule has 3 aromatic rings. The molecule has 0 saturated heterocycles. The van der Waals surface area contributed by atoms with Crippen LogP contribution in [0.25, 0.3) is 10.8 Å². The van der Waals surface area contributed by atoms with Crippen LogP contribution in [0.3, 0.4) is 0 Å². The van der Waals surface area contributed by atoms with Gasteiger partial charge in [0.1, 0.15) is 0 Å². The highest BCUT2D eigenvalue weighted by Crippen LogP contribution is 2.28. The SMILES string of the molecule is CCOc1cc(C(=O)NC(C)c2ccc3ccccc3c2)ccc1OC. The van der Waals surface area contributed by atoms with Crippen molar-refractivity contribution in [3.05, 3.63) is 71.8 Å². The predicted molar refractivity (Wildman–Crippen MR) is 104 cm³/mol. The van der Waals surface area contributed by atoms with Gasteiger partial charge in [-0.25, -0.2) is 0 Å². The molecule has 0 aliphatic carbocycles. The maximum atomic E-state index is 12.6. The molecule has 3 aromatic carbocycles. The van der Waals surface area contributed by atoms with E-state index in [1.54, 1.807) is 25.3 Å². The number of carbonyl (C=O) groups is 1. The first-order chi connectivity index (χ1) is 12.6. The molecule has 134 valence electrons. The van der Waals surface area contributed by atoms with E-state index >= 15 is 0 Å². The number of benzene rings is 3. The van der Waals surface area contributed by atoms with Crippen LogP contribution < -0.4 is 14.8 Å². The van der Waals surface area contributed by atoms with Crippen LogP contribution in [0.15, 0.2) is 60.7 Å². The highest BCUT2D eigenvalue weighted by atomic mass is 16.5. The van der Waals surface area contributed by atoms with Crippen molar-refractivity contribution in [1.82, 2.24) is 5.32 Å². The molecule has 0 fully saturated rings. The van der Waals surface area contributed by atoms with Gasteiger partial charge in [0.15, 0.2) is 11.5 Å². The van der Waals surface area contributed by atoms with Gasteiger partial charge in [-0.05, 0) is 54.4 Å². The normalized spacial score (nSPS) is 11.8. The second kappa shape index (κ2) is 7.91. The van der Waals surface area contributed by atoms with Gasteiger partial charge in [-0.3, -0.25) is 4.79 Å². The summed E-state index contributed by atoms with van der Waals surface area (Å²) in [6.45, 7) is 4.39. The van der Waals surface area contributed by atoms with Gasteiger partial charge in [0.2, 0.25) is 0 Å². The van der Waals surface area contributed by atoms with Crippen molar-refractivity contribution in [3.63, 3.8) is 0 Å². The highest BCUT2D eigenvalue weighted by Gasteiger charge is 2.14. The van der Waals surface area contributed by atoms with Gasteiger partial charge in [-0.2, -0.15) is 0 Å². The average Bonchev–Trinajstić information content (AvgIpc) is 2.67. The number of hydrogen-bond acceptors (Lipinski definition) is 3. The van der Waals surface area contributed by atoms with Crippen molar-refractivity contribution < 1.29 is 14.3 Å². The number of ether oxygens (including phenoxy) is 2. The summed E-state index contributed by atoms with van der Waals surface area (Å²) < 4.78 is 10.8. The van der Waals surface area contributed by atoms with Gasteiger partial charge in [0.25, 0.3) is 5.91 Å². The number of methoxy groups -OCH3 is 1. The van der Waals surface area contributed by atoms with Crippen molar-refractivity contribution in [2.45, 2.75) is 19.9 Å². The Morgan fingerprint density at radius 3 is 2.50 bits per heavy atom. The first kappa shape index (κ1) is 17.8. The zero-order valence-corrected chi connectivity index (χ0v) is 15.3. The van der Waals surface area contributed by atoms with Crippen LogP contribution in [-0.2, 0) is 0 Å². The summed E-state index contributed by atoms with van der Waals surface area (Å²) in [5.41, 5.74) is 1.61. The number of hydrogen-bond donors (Lipinski definition) is 1. The van der Waals surface area contributed by atoms with E-state index in [-0.39, 0.29) is 11.9 Å². The van der Waals surface area contributed by atoms with Crippen LogP contribution in [0.2, 0.25) is 0 Å². The topological polar surface area (TPSA) is 47.6 Å². The molecule has 1 atom stereocenters. The van der Waals surface area contributed by atoms with Crippen molar-refractivity contribution in [1.29, 1.82) is 0 Å². The standard InChI is InChI=1S/C22H23NO3/c1-4-26-21-14-19(11-12-20(21)25-3)22(24)23-15(2)17-10-9-16-7-5-6-8-18(16)13-17/h5-15H,4H2,1-3H3,(H,23,24). The monoisotopic (exact) mass is 349 g/mol. The summed E-state index contributed by atoms with van der Waals surface area (Å²) in [5.74, 6) is 1.04. The van der Waals surface area contributed by atoms with E-state index in [0.29, 0.717) is 23.7 Å². The number of fused-ring (bicyclic) bond motifs is 1. The summed E-state index contributed by atoms with van der Waals surface area (Å²) in [4.78, 5) is 12.6. The molecule has 4 heteroatoms. The second-order valence-corrected chi connectivity index (χ2v) is 6.10. The fraction of sp³-hybridized carbons (Fsp3) is 0.227. The first-order valence-electron chi connectivity index (χ1n) is 8.72. The molecule has 0 bridgehead atoms. The minimum atomic E-state index is -0.144. The average molecular weight is 349 g/mol. The molecule has 1 amide bonds. The summed E-state index contributed by atoms with van der Waals surface area (Å²) in [7, 11) is 1.58. The molecule has 0 heterocycles. The van der Waals surface area contributed by atoms with Crippen LogP contribution in [-0.4, -0.2) is 19.6 Å². The Kier molecular flexibility index (Phi) is 5.42. The zero-order chi connectivity index (χ0) is 18.5. The molecule has 0 aromatic heterocycles. The lowest BCUT2D eigenvalue weighted by Gasteiger charge is -2.16. The fourth-order valence-electron chi connectivity index (χ4n) is 2.93. The number of amides is 1. The van der Waals surface area contributed by atoms with Crippen LogP contribution in [0, 0.1) is 0 Å². The third kappa shape index (κ3) is 3.80. The molecule has 0 aliphatic rings. The lowest BCUT2D eigenvalue weighted by atomic mass is 10.0. The lowest BCUT2D eigenvalue weighted by Crippen LogP contribution is -2.26. The second-order valence-electron chi connectivity index (χ2n) is 6.10. The van der Waals surface area contributed by atoms with Gasteiger partial charge in [-0.15, -0.1) is 0 Å². The highest BCUT2D eigenvalue weighted by molar-refractivity contribution is 5.95. The predicted octanol–water partition coefficient (Wildman–Crippen LogP) is 4.74. The molecule has 1 unspecified atom stereocenters. The van der Waals surface area contributed by atoms with E-state index in [0.717, 1.165) is 10.9 Å². The van der Waals surface area contributed by atoms with E-state index in [9.17, 15) is 4.79 Å². The van der Waals surface area contributed by atoms with E-state index in [1.165, 1.54) is 5.39 Å². The van der Waals surface area contributed by atoms with Crippen LogP contribution in [0.1, 0.15) is 35.8 Å². The van der Waals surface area contributed by atoms with Gasteiger partial charge in [0.05, 0.1) is 19.8 Å². The quantitative estimate of drug-likeness (QED) is 0.699. The molecule has 4 nitrogen and oxygen atoms in total. The van der Waals surface area contributed by atoms with Gasteiger partial charge >= 0.3 is 0 Å². The van der Waals surface area contributed by atoms with Crippen LogP contribution >= 0.6 is 0 Å². The molecule has 26 heavy (non-hydrogen) atoms. The van der Waals surface area contributed by atoms with E-state index in [2.05, 4.69) is 29.6 Å². The summed E-state index contributed by atoms with van der Waals surface area (Å²) in [6.07, 6.45) is 0. The maximum absolute atomic E-state index is 12.6. The Hall–Kier alpha value is -3.01. The molecular weight excluding hydrogens is 326 g/mol. The minimum Gasteiger partial charge on any atom is -0.493 e. The molecule has 0 aliphatic heterocycles. The van der Waals surface area contributed by atoms with Crippen molar-refractivity contribution in [2.75, 3.05) is 13.7 Å². The van der Waals surface area contributed by atoms with Crippen molar-refractivity contribution in [2.24, 2.45) is 0 Å². The smallest absolute Gasteiger partial charge is 0.251 e. The Morgan fingerprint density at radius 2 is 1.77 bits per heavy atom. The first-order valence-corrected chi connectivity index (χ1v) is 8.72. The van der Waals surface area contributed by atoms with E-state index < -0.39 is 0 Å². The molecule has 0 spiro atoms. The minimum absolute atomic E-state index is 0.107. The van der Waals surface area contributed by atoms with E-state index in [4.69, 9.17) is 9.47 Å². The number of carbonyl (C=O) groups excluding carboxylic acids is 1. The molecular formula is C22H23NO3. The van der Waals surface area contributed by atoms with Gasteiger partial charge in [0, 0.05) is 5.56 Å². The Morgan fingerprint density at radius 1 is 1.00 bits per heavy atom. The molecule has 0 radical (unpaired) electrons. The lowest BCUT2D eigenvalue weighted by molar-refractivity contribution is 0.0939. The van der Waals surface area contributed by atoms with E-state index in [1.807, 2.05) is 32.0 Å². The largest absolute Gasteiger partial charge is 0.493 e. The Bertz CT molecular complexity index is 920. The number of rotatable bonds is 6. The fourth-order valence-corrected chi connectivity index (χ4v) is 2.93. The third-order valence-electron chi connectivity index (χ3n) is 4.35. The maximum Gasteiger partial charge on any atom is 0.251 e. The Labute approximate surface area is 153 Å². The van der Waals surface area contributed by atoms with Gasteiger partial charge < -0.3 is 14.8 Å². The zero-order valence-electron chi connectivity index (χ0n) is 15.3. The van der Waals surface area contributed by atoms with Crippen molar-refractivity contribution >= 4 is 16.7 Å². The summed E-state index contributed by atoms with van der Waals surface area (Å²) >= 11 is 0. The van der Waals surface area contributed by atoms with Gasteiger partial charge in [-0.1, -0.05) is 36.4 Å².